The number of hydrogen-bond donors (Lipinski definition) is 1. The van der Waals surface area contributed by atoms with Crippen LogP contribution in [-0.4, -0.2) is 16.6 Å². The van der Waals surface area contributed by atoms with E-state index >= 15 is 0 Å². The lowest BCUT2D eigenvalue weighted by Gasteiger charge is -1.80. The highest BCUT2D eigenvalue weighted by Crippen LogP contribution is 2.15. The summed E-state index contributed by atoms with van der Waals surface area (Å²) < 4.78 is 1.26. The molecule has 0 spiro atoms. The van der Waals surface area contributed by atoms with Crippen molar-refractivity contribution < 1.29 is 9.90 Å². The minimum atomic E-state index is -0.250. The molecule has 0 amide bonds. The van der Waals surface area contributed by atoms with Crippen molar-refractivity contribution >= 4 is 28.0 Å². The molecule has 1 N–H and O–H groups in total. The van der Waals surface area contributed by atoms with Crippen molar-refractivity contribution in [2.45, 2.75) is 0 Å². The average molecular weight is 181 g/mol. The Labute approximate surface area is 73.3 Å². The highest BCUT2D eigenvalue weighted by molar-refractivity contribution is 7.16. The second-order valence-corrected chi connectivity index (χ2v) is 2.81. The molecule has 0 aliphatic rings. The Morgan fingerprint density at radius 3 is 2.75 bits per heavy atom. The second-order valence-electron chi connectivity index (χ2n) is 1.93. The molecule has 0 aliphatic carbocycles. The summed E-state index contributed by atoms with van der Waals surface area (Å²) in [5.74, 6) is 0. The van der Waals surface area contributed by atoms with Gasteiger partial charge >= 0.3 is 0 Å². The minimum Gasteiger partial charge on any atom is -0.483 e. The molecule has 0 bridgehead atoms. The molecular formula is C8H7NO2S. The Bertz CT molecular complexity index is 328. The van der Waals surface area contributed by atoms with E-state index in [9.17, 15) is 0 Å². The predicted molar refractivity (Wildman–Crippen MR) is 48.3 cm³/mol. The largest absolute Gasteiger partial charge is 0.483 e. The van der Waals surface area contributed by atoms with Crippen molar-refractivity contribution in [2.75, 3.05) is 0 Å². The fourth-order valence-corrected chi connectivity index (χ4v) is 1.48. The van der Waals surface area contributed by atoms with Crippen LogP contribution in [0.15, 0.2) is 29.8 Å². The van der Waals surface area contributed by atoms with Gasteiger partial charge in [-0.05, 0) is 12.1 Å². The van der Waals surface area contributed by atoms with Crippen LogP contribution in [0.4, 0.5) is 0 Å². The summed E-state index contributed by atoms with van der Waals surface area (Å²) >= 11 is 1.68. The number of thiazole rings is 1. The van der Waals surface area contributed by atoms with Crippen molar-refractivity contribution in [3.63, 3.8) is 0 Å². The number of rotatable bonds is 0. The SMILES string of the molecule is O=CO.c1ccc2scnc2c1. The van der Waals surface area contributed by atoms with Gasteiger partial charge in [0.2, 0.25) is 0 Å². The van der Waals surface area contributed by atoms with Crippen LogP contribution in [0.2, 0.25) is 0 Å². The highest BCUT2D eigenvalue weighted by Gasteiger charge is 1.89. The van der Waals surface area contributed by atoms with Gasteiger partial charge in [0.05, 0.1) is 15.7 Å². The number of nitrogens with zero attached hydrogens (tertiary/aromatic N) is 1. The first-order chi connectivity index (χ1) is 5.88. The monoisotopic (exact) mass is 181 g/mol. The van der Waals surface area contributed by atoms with Crippen molar-refractivity contribution in [1.29, 1.82) is 0 Å². The number of fused-ring (bicyclic) bond motifs is 1. The zero-order valence-corrected chi connectivity index (χ0v) is 6.99. The van der Waals surface area contributed by atoms with E-state index in [1.165, 1.54) is 4.70 Å². The van der Waals surface area contributed by atoms with Crippen LogP contribution in [0.25, 0.3) is 10.2 Å². The predicted octanol–water partition coefficient (Wildman–Crippen LogP) is 2.00. The fourth-order valence-electron chi connectivity index (χ4n) is 0.803. The number of hydrogen-bond acceptors (Lipinski definition) is 3. The molecule has 1 aromatic carbocycles. The summed E-state index contributed by atoms with van der Waals surface area (Å²) in [6.45, 7) is -0.250. The van der Waals surface area contributed by atoms with Gasteiger partial charge in [0.25, 0.3) is 6.47 Å². The van der Waals surface area contributed by atoms with Crippen LogP contribution in [0.5, 0.6) is 0 Å². The topological polar surface area (TPSA) is 50.2 Å². The Kier molecular flexibility index (Phi) is 3.22. The molecular weight excluding hydrogens is 174 g/mol. The quantitative estimate of drug-likeness (QED) is 0.632. The fraction of sp³-hybridized carbons (Fsp3) is 0. The maximum atomic E-state index is 8.36. The van der Waals surface area contributed by atoms with E-state index in [4.69, 9.17) is 9.90 Å². The maximum Gasteiger partial charge on any atom is 0.290 e. The number of carbonyl (C=O) groups is 1. The third kappa shape index (κ3) is 2.03. The van der Waals surface area contributed by atoms with Crippen LogP contribution in [0.3, 0.4) is 0 Å². The first kappa shape index (κ1) is 8.67. The van der Waals surface area contributed by atoms with Gasteiger partial charge in [-0.2, -0.15) is 0 Å². The lowest BCUT2D eigenvalue weighted by Crippen LogP contribution is -1.61. The van der Waals surface area contributed by atoms with Gasteiger partial charge in [0.15, 0.2) is 0 Å². The molecule has 4 heteroatoms. The third-order valence-electron chi connectivity index (χ3n) is 1.24. The Hall–Kier alpha value is -1.42. The molecule has 62 valence electrons. The van der Waals surface area contributed by atoms with E-state index in [-0.39, 0.29) is 6.47 Å². The summed E-state index contributed by atoms with van der Waals surface area (Å²) in [5.41, 5.74) is 2.97. The van der Waals surface area contributed by atoms with Crippen molar-refractivity contribution in [2.24, 2.45) is 0 Å². The molecule has 0 unspecified atom stereocenters. The third-order valence-corrected chi connectivity index (χ3v) is 2.05. The van der Waals surface area contributed by atoms with E-state index in [0.29, 0.717) is 0 Å². The van der Waals surface area contributed by atoms with E-state index in [1.54, 1.807) is 11.3 Å². The molecule has 2 rings (SSSR count). The van der Waals surface area contributed by atoms with Gasteiger partial charge in [-0.15, -0.1) is 11.3 Å². The average Bonchev–Trinajstić information content (AvgIpc) is 2.52. The highest BCUT2D eigenvalue weighted by atomic mass is 32.1. The molecule has 0 saturated heterocycles. The molecule has 1 heterocycles. The van der Waals surface area contributed by atoms with Gasteiger partial charge in [-0.25, -0.2) is 4.98 Å². The molecule has 0 fully saturated rings. The van der Waals surface area contributed by atoms with E-state index < -0.39 is 0 Å². The Balaban J connectivity index is 0.000000213. The van der Waals surface area contributed by atoms with Crippen molar-refractivity contribution in [3.05, 3.63) is 29.8 Å². The molecule has 0 saturated carbocycles. The van der Waals surface area contributed by atoms with Gasteiger partial charge < -0.3 is 5.11 Å². The smallest absolute Gasteiger partial charge is 0.290 e. The van der Waals surface area contributed by atoms with Crippen LogP contribution in [0.1, 0.15) is 0 Å². The van der Waals surface area contributed by atoms with Gasteiger partial charge in [0.1, 0.15) is 0 Å². The second kappa shape index (κ2) is 4.46. The van der Waals surface area contributed by atoms with Crippen molar-refractivity contribution in [1.82, 2.24) is 4.98 Å². The van der Waals surface area contributed by atoms with E-state index in [0.717, 1.165) is 5.52 Å². The van der Waals surface area contributed by atoms with E-state index in [2.05, 4.69) is 11.1 Å². The number of benzene rings is 1. The maximum absolute atomic E-state index is 8.36. The molecule has 12 heavy (non-hydrogen) atoms. The first-order valence-corrected chi connectivity index (χ1v) is 4.12. The normalized spacial score (nSPS) is 8.67. The van der Waals surface area contributed by atoms with Gasteiger partial charge in [-0.1, -0.05) is 12.1 Å². The lowest BCUT2D eigenvalue weighted by molar-refractivity contribution is -0.122. The van der Waals surface area contributed by atoms with Gasteiger partial charge in [-0.3, -0.25) is 4.79 Å². The van der Waals surface area contributed by atoms with Gasteiger partial charge in [0, 0.05) is 0 Å². The molecule has 0 aliphatic heterocycles. The number of carboxylic acid groups (broad SMARTS) is 1. The standard InChI is InChI=1S/C7H5NS.CH2O2/c1-2-4-7-6(3-1)8-5-9-7;2-1-3/h1-5H;1H,(H,2,3). The summed E-state index contributed by atoms with van der Waals surface area (Å²) in [4.78, 5) is 12.5. The molecule has 0 atom stereocenters. The van der Waals surface area contributed by atoms with Crippen LogP contribution in [-0.2, 0) is 4.79 Å². The van der Waals surface area contributed by atoms with E-state index in [1.807, 2.05) is 23.7 Å². The van der Waals surface area contributed by atoms with Crippen molar-refractivity contribution in [3.8, 4) is 0 Å². The Morgan fingerprint density at radius 1 is 1.42 bits per heavy atom. The summed E-state index contributed by atoms with van der Waals surface area (Å²) in [6.07, 6.45) is 0. The Morgan fingerprint density at radius 2 is 2.08 bits per heavy atom. The molecule has 1 aromatic heterocycles. The minimum absolute atomic E-state index is 0.250. The van der Waals surface area contributed by atoms with Crippen LogP contribution in [0, 0.1) is 0 Å². The lowest BCUT2D eigenvalue weighted by atomic mass is 10.3. The number of para-hydroxylation sites is 1. The van der Waals surface area contributed by atoms with Crippen LogP contribution < -0.4 is 0 Å². The van der Waals surface area contributed by atoms with Crippen LogP contribution >= 0.6 is 11.3 Å². The first-order valence-electron chi connectivity index (χ1n) is 3.24. The number of aromatic nitrogens is 1. The summed E-state index contributed by atoms with van der Waals surface area (Å²) in [6, 6.07) is 8.13. The summed E-state index contributed by atoms with van der Waals surface area (Å²) in [7, 11) is 0. The molecule has 0 radical (unpaired) electrons. The summed E-state index contributed by atoms with van der Waals surface area (Å²) in [5, 5.41) is 6.89. The molecule has 3 nitrogen and oxygen atoms in total. The zero-order chi connectivity index (χ0) is 8.81. The zero-order valence-electron chi connectivity index (χ0n) is 6.18. The molecule has 2 aromatic rings.